The van der Waals surface area contributed by atoms with Crippen LogP contribution in [0.15, 0.2) is 21.7 Å². The molecule has 0 atom stereocenters. The van der Waals surface area contributed by atoms with Crippen LogP contribution in [0.1, 0.15) is 31.4 Å². The largest absolute Gasteiger partial charge is 0.356 e. The van der Waals surface area contributed by atoms with Crippen LogP contribution < -0.4 is 5.32 Å². The Morgan fingerprint density at radius 1 is 1.50 bits per heavy atom. The van der Waals surface area contributed by atoms with Gasteiger partial charge in [-0.2, -0.15) is 0 Å². The Labute approximate surface area is 158 Å². The SMILES string of the molecule is CN=C(NCC1(C2CC2)CC1)N(C)Cc1cc(Br)cn1C.I. The van der Waals surface area contributed by atoms with Crippen LogP contribution in [0.4, 0.5) is 0 Å². The van der Waals surface area contributed by atoms with Gasteiger partial charge in [-0.1, -0.05) is 0 Å². The van der Waals surface area contributed by atoms with E-state index in [4.69, 9.17) is 0 Å². The molecule has 4 nitrogen and oxygen atoms in total. The third kappa shape index (κ3) is 3.99. The predicted octanol–water partition coefficient (Wildman–Crippen LogP) is 3.60. The molecule has 2 aliphatic rings. The molecule has 0 aromatic carbocycles. The third-order valence-corrected chi connectivity index (χ3v) is 5.41. The van der Waals surface area contributed by atoms with Gasteiger partial charge in [-0.25, -0.2) is 0 Å². The minimum atomic E-state index is 0. The van der Waals surface area contributed by atoms with Gasteiger partial charge in [0.25, 0.3) is 0 Å². The quantitative estimate of drug-likeness (QED) is 0.396. The molecule has 0 saturated heterocycles. The zero-order valence-corrected chi connectivity index (χ0v) is 17.5. The second-order valence-corrected chi connectivity index (χ2v) is 7.57. The summed E-state index contributed by atoms with van der Waals surface area (Å²) in [5.41, 5.74) is 1.88. The molecule has 0 bridgehead atoms. The Balaban J connectivity index is 0.00000176. The molecular formula is C16H26BrIN4. The van der Waals surface area contributed by atoms with Crippen molar-refractivity contribution >= 4 is 45.9 Å². The molecule has 2 fully saturated rings. The first kappa shape index (κ1) is 18.1. The lowest BCUT2D eigenvalue weighted by molar-refractivity contribution is 0.406. The van der Waals surface area contributed by atoms with Crippen molar-refractivity contribution in [3.8, 4) is 0 Å². The molecular weight excluding hydrogens is 455 g/mol. The number of aliphatic imine (C=N–C) groups is 1. The number of guanidine groups is 1. The molecule has 1 heterocycles. The van der Waals surface area contributed by atoms with Crippen LogP contribution >= 0.6 is 39.9 Å². The number of aromatic nitrogens is 1. The van der Waals surface area contributed by atoms with E-state index in [9.17, 15) is 0 Å². The number of nitrogens with zero attached hydrogens (tertiary/aromatic N) is 3. The van der Waals surface area contributed by atoms with Gasteiger partial charge in [-0.3, -0.25) is 4.99 Å². The molecule has 0 radical (unpaired) electrons. The van der Waals surface area contributed by atoms with Crippen molar-refractivity contribution in [2.45, 2.75) is 32.2 Å². The maximum absolute atomic E-state index is 4.44. The van der Waals surface area contributed by atoms with E-state index in [1.165, 1.54) is 31.4 Å². The highest BCUT2D eigenvalue weighted by Crippen LogP contribution is 2.60. The van der Waals surface area contributed by atoms with Crippen molar-refractivity contribution in [3.05, 3.63) is 22.4 Å². The number of aryl methyl sites for hydroxylation is 1. The van der Waals surface area contributed by atoms with Gasteiger partial charge in [0.1, 0.15) is 0 Å². The maximum Gasteiger partial charge on any atom is 0.193 e. The Morgan fingerprint density at radius 3 is 2.64 bits per heavy atom. The van der Waals surface area contributed by atoms with Crippen LogP contribution in [-0.4, -0.2) is 36.1 Å². The predicted molar refractivity (Wildman–Crippen MR) is 106 cm³/mol. The highest BCUT2D eigenvalue weighted by molar-refractivity contribution is 14.0. The van der Waals surface area contributed by atoms with E-state index in [2.05, 4.69) is 62.1 Å². The Morgan fingerprint density at radius 2 is 2.18 bits per heavy atom. The molecule has 0 aliphatic heterocycles. The molecule has 22 heavy (non-hydrogen) atoms. The lowest BCUT2D eigenvalue weighted by Gasteiger charge is -2.24. The summed E-state index contributed by atoms with van der Waals surface area (Å²) >= 11 is 3.53. The highest BCUT2D eigenvalue weighted by Gasteiger charge is 2.53. The molecule has 1 aromatic heterocycles. The number of halogens is 2. The monoisotopic (exact) mass is 480 g/mol. The van der Waals surface area contributed by atoms with Crippen molar-refractivity contribution < 1.29 is 0 Å². The summed E-state index contributed by atoms with van der Waals surface area (Å²) in [4.78, 5) is 6.64. The molecule has 0 amide bonds. The van der Waals surface area contributed by atoms with E-state index in [0.717, 1.165) is 29.4 Å². The zero-order valence-electron chi connectivity index (χ0n) is 13.6. The van der Waals surface area contributed by atoms with Gasteiger partial charge in [-0.05, 0) is 59.0 Å². The first-order chi connectivity index (χ1) is 10.0. The van der Waals surface area contributed by atoms with Crippen LogP contribution in [-0.2, 0) is 13.6 Å². The van der Waals surface area contributed by atoms with Crippen LogP contribution in [0.2, 0.25) is 0 Å². The smallest absolute Gasteiger partial charge is 0.193 e. The number of hydrogen-bond acceptors (Lipinski definition) is 1. The minimum absolute atomic E-state index is 0. The average molecular weight is 481 g/mol. The normalized spacial score (nSPS) is 19.5. The molecule has 2 saturated carbocycles. The summed E-state index contributed by atoms with van der Waals surface area (Å²) in [6.07, 6.45) is 7.76. The lowest BCUT2D eigenvalue weighted by Crippen LogP contribution is -2.41. The molecule has 0 spiro atoms. The lowest BCUT2D eigenvalue weighted by atomic mass is 10.0. The fourth-order valence-electron chi connectivity index (χ4n) is 3.27. The van der Waals surface area contributed by atoms with Crippen molar-refractivity contribution in [1.29, 1.82) is 0 Å². The zero-order chi connectivity index (χ0) is 15.0. The minimum Gasteiger partial charge on any atom is -0.356 e. The first-order valence-electron chi connectivity index (χ1n) is 7.76. The molecule has 3 rings (SSSR count). The molecule has 0 unspecified atom stereocenters. The van der Waals surface area contributed by atoms with E-state index in [-0.39, 0.29) is 24.0 Å². The third-order valence-electron chi connectivity index (χ3n) is 4.98. The maximum atomic E-state index is 4.44. The standard InChI is InChI=1S/C16H25BrN4.HI/c1-18-15(19-11-16(6-7-16)12-4-5-12)21(3)10-14-8-13(17)9-20(14)2;/h8-9,12H,4-7,10-11H2,1-3H3,(H,18,19);1H. The fourth-order valence-corrected chi connectivity index (χ4v) is 3.84. The van der Waals surface area contributed by atoms with Gasteiger partial charge >= 0.3 is 0 Å². The van der Waals surface area contributed by atoms with Gasteiger partial charge in [0.05, 0.1) is 6.54 Å². The van der Waals surface area contributed by atoms with Gasteiger partial charge in [-0.15, -0.1) is 24.0 Å². The van der Waals surface area contributed by atoms with Crippen LogP contribution in [0.3, 0.4) is 0 Å². The van der Waals surface area contributed by atoms with Crippen molar-refractivity contribution in [2.24, 2.45) is 23.4 Å². The molecule has 124 valence electrons. The van der Waals surface area contributed by atoms with E-state index >= 15 is 0 Å². The van der Waals surface area contributed by atoms with E-state index in [1.807, 2.05) is 7.05 Å². The molecule has 2 aliphatic carbocycles. The van der Waals surface area contributed by atoms with Crippen LogP contribution in [0, 0.1) is 11.3 Å². The Hall–Kier alpha value is -0.240. The number of rotatable bonds is 5. The second-order valence-electron chi connectivity index (χ2n) is 6.65. The van der Waals surface area contributed by atoms with Crippen LogP contribution in [0.25, 0.3) is 0 Å². The van der Waals surface area contributed by atoms with Gasteiger partial charge in [0.15, 0.2) is 5.96 Å². The second kappa shape index (κ2) is 7.11. The van der Waals surface area contributed by atoms with Crippen molar-refractivity contribution in [1.82, 2.24) is 14.8 Å². The number of hydrogen-bond donors (Lipinski definition) is 1. The summed E-state index contributed by atoms with van der Waals surface area (Å²) in [6, 6.07) is 2.16. The molecule has 1 aromatic rings. The van der Waals surface area contributed by atoms with Crippen molar-refractivity contribution in [3.63, 3.8) is 0 Å². The van der Waals surface area contributed by atoms with Crippen molar-refractivity contribution in [2.75, 3.05) is 20.6 Å². The fraction of sp³-hybridized carbons (Fsp3) is 0.688. The highest BCUT2D eigenvalue weighted by atomic mass is 127. The summed E-state index contributed by atoms with van der Waals surface area (Å²) in [6.45, 7) is 1.95. The van der Waals surface area contributed by atoms with E-state index < -0.39 is 0 Å². The summed E-state index contributed by atoms with van der Waals surface area (Å²) < 4.78 is 3.28. The van der Waals surface area contributed by atoms with Gasteiger partial charge in [0.2, 0.25) is 0 Å². The van der Waals surface area contributed by atoms with Gasteiger partial charge in [0, 0.05) is 44.1 Å². The Bertz CT molecular complexity index is 546. The summed E-state index contributed by atoms with van der Waals surface area (Å²) in [7, 11) is 6.06. The summed E-state index contributed by atoms with van der Waals surface area (Å²) in [5.74, 6) is 1.98. The van der Waals surface area contributed by atoms with Crippen LogP contribution in [0.5, 0.6) is 0 Å². The van der Waals surface area contributed by atoms with E-state index in [1.54, 1.807) is 0 Å². The average Bonchev–Trinajstić information content (AvgIpc) is 3.32. The van der Waals surface area contributed by atoms with Gasteiger partial charge < -0.3 is 14.8 Å². The number of nitrogens with one attached hydrogen (secondary N) is 1. The topological polar surface area (TPSA) is 32.6 Å². The Kier molecular flexibility index (Phi) is 5.85. The molecule has 6 heteroatoms. The summed E-state index contributed by atoms with van der Waals surface area (Å²) in [5, 5.41) is 3.59. The van der Waals surface area contributed by atoms with E-state index in [0.29, 0.717) is 5.41 Å². The first-order valence-corrected chi connectivity index (χ1v) is 8.56. The molecule has 1 N–H and O–H groups in total.